The summed E-state index contributed by atoms with van der Waals surface area (Å²) in [6.07, 6.45) is 0.146. The third kappa shape index (κ3) is 8.09. The molecule has 8 nitrogen and oxygen atoms in total. The van der Waals surface area contributed by atoms with E-state index in [9.17, 15) is 14.7 Å². The van der Waals surface area contributed by atoms with Gasteiger partial charge in [-0.1, -0.05) is 72.8 Å². The highest BCUT2D eigenvalue weighted by Crippen LogP contribution is 2.39. The molecule has 4 atom stereocenters. The van der Waals surface area contributed by atoms with Crippen molar-refractivity contribution in [1.82, 2.24) is 4.90 Å². The molecule has 0 aromatic heterocycles. The van der Waals surface area contributed by atoms with Crippen LogP contribution in [0.5, 0.6) is 0 Å². The zero-order chi connectivity index (χ0) is 31.1. The second-order valence-electron chi connectivity index (χ2n) is 11.5. The Balaban J connectivity index is 1.30. The number of hydrogen-bond donors (Lipinski definition) is 3. The Hall–Kier alpha value is -4.08. The molecule has 1 aliphatic heterocycles. The first-order valence-electron chi connectivity index (χ1n) is 15.1. The predicted octanol–water partition coefficient (Wildman–Crippen LogP) is 6.76. The monoisotopic (exact) mass is 596 g/mol. The zero-order valence-corrected chi connectivity index (χ0v) is 25.2. The molecule has 1 amide bonds. The Morgan fingerprint density at radius 3 is 2.32 bits per heavy atom. The topological polar surface area (TPSA) is 108 Å². The summed E-state index contributed by atoms with van der Waals surface area (Å²) in [7, 11) is 2.12. The van der Waals surface area contributed by atoms with Gasteiger partial charge in [0.2, 0.25) is 5.91 Å². The molecular formula is C36H40N2O6. The Bertz CT molecular complexity index is 1560. The van der Waals surface area contributed by atoms with E-state index in [1.807, 2.05) is 36.4 Å². The van der Waals surface area contributed by atoms with E-state index in [4.69, 9.17) is 14.6 Å². The van der Waals surface area contributed by atoms with E-state index in [1.54, 1.807) is 12.1 Å². The van der Waals surface area contributed by atoms with E-state index in [2.05, 4.69) is 66.7 Å². The van der Waals surface area contributed by atoms with Crippen LogP contribution in [0.4, 0.5) is 5.69 Å². The molecule has 44 heavy (non-hydrogen) atoms. The highest BCUT2D eigenvalue weighted by molar-refractivity contribution is 5.90. The number of fused-ring (bicyclic) bond motifs is 1. The molecule has 1 aliphatic rings. The maximum absolute atomic E-state index is 12.2. The van der Waals surface area contributed by atoms with Gasteiger partial charge in [-0.05, 0) is 66.1 Å². The minimum atomic E-state index is -0.912. The molecule has 1 heterocycles. The molecule has 0 radical (unpaired) electrons. The van der Waals surface area contributed by atoms with Crippen molar-refractivity contribution >= 4 is 28.3 Å². The predicted molar refractivity (Wildman–Crippen MR) is 170 cm³/mol. The summed E-state index contributed by atoms with van der Waals surface area (Å²) >= 11 is 0. The molecule has 230 valence electrons. The molecule has 1 saturated heterocycles. The summed E-state index contributed by atoms with van der Waals surface area (Å²) in [6.45, 7) is 2.89. The maximum Gasteiger partial charge on any atom is 0.303 e. The minimum absolute atomic E-state index is 0.0138. The average molecular weight is 597 g/mol. The highest BCUT2D eigenvalue weighted by Gasteiger charge is 2.33. The fourth-order valence-corrected chi connectivity index (χ4v) is 5.58. The van der Waals surface area contributed by atoms with Crippen LogP contribution >= 0.6 is 0 Å². The van der Waals surface area contributed by atoms with Crippen LogP contribution in [0, 0.1) is 0 Å². The van der Waals surface area contributed by atoms with Gasteiger partial charge in [0.15, 0.2) is 6.29 Å². The van der Waals surface area contributed by atoms with Crippen LogP contribution in [0.15, 0.2) is 91.0 Å². The van der Waals surface area contributed by atoms with Crippen LogP contribution < -0.4 is 5.32 Å². The largest absolute Gasteiger partial charge is 0.481 e. The smallest absolute Gasteiger partial charge is 0.303 e. The highest BCUT2D eigenvalue weighted by atomic mass is 16.7. The van der Waals surface area contributed by atoms with Crippen LogP contribution in [-0.4, -0.2) is 46.7 Å². The van der Waals surface area contributed by atoms with Crippen molar-refractivity contribution < 1.29 is 29.3 Å². The van der Waals surface area contributed by atoms with E-state index in [1.165, 1.54) is 16.3 Å². The first-order chi connectivity index (χ1) is 21.3. The van der Waals surface area contributed by atoms with Crippen molar-refractivity contribution in [2.75, 3.05) is 18.9 Å². The van der Waals surface area contributed by atoms with Crippen LogP contribution in [0.2, 0.25) is 0 Å². The van der Waals surface area contributed by atoms with E-state index in [0.29, 0.717) is 25.1 Å². The molecule has 1 fully saturated rings. The first-order valence-corrected chi connectivity index (χ1v) is 15.1. The second-order valence-corrected chi connectivity index (χ2v) is 11.5. The Morgan fingerprint density at radius 2 is 1.61 bits per heavy atom. The lowest BCUT2D eigenvalue weighted by Crippen LogP contribution is -2.38. The summed E-state index contributed by atoms with van der Waals surface area (Å²) in [4.78, 5) is 25.3. The number of carbonyl (C=O) groups is 2. The minimum Gasteiger partial charge on any atom is -0.481 e. The summed E-state index contributed by atoms with van der Waals surface area (Å²) in [5.74, 6) is -1.14. The van der Waals surface area contributed by atoms with E-state index < -0.39 is 12.3 Å². The Labute approximate surface area is 258 Å². The molecule has 0 spiro atoms. The van der Waals surface area contributed by atoms with Crippen LogP contribution in [0.1, 0.15) is 73.3 Å². The van der Waals surface area contributed by atoms with Crippen molar-refractivity contribution in [3.8, 4) is 0 Å². The van der Waals surface area contributed by atoms with Crippen molar-refractivity contribution in [3.63, 3.8) is 0 Å². The molecule has 4 aromatic rings. The van der Waals surface area contributed by atoms with E-state index >= 15 is 0 Å². The molecular weight excluding hydrogens is 556 g/mol. The zero-order valence-electron chi connectivity index (χ0n) is 25.2. The standard InChI is InChI=1S/C36H40N2O6/c1-24(29-15-14-26-6-3-4-7-30(26)20-29)38(2)22-32-21-33(27-12-10-25(23-39)11-13-27)44-36(43-32)28-16-18-31(19-17-28)37-34(40)8-5-9-35(41)42/h3-4,6-7,10-20,24,32-33,36,39H,5,8-9,21-23H2,1-2H3,(H,37,40)(H,41,42)/t24-,32-,33+,36+/m1/s1. The molecule has 8 heteroatoms. The summed E-state index contributed by atoms with van der Waals surface area (Å²) in [5.41, 5.74) is 4.57. The van der Waals surface area contributed by atoms with Gasteiger partial charge >= 0.3 is 5.97 Å². The molecule has 0 aliphatic carbocycles. The molecule has 0 bridgehead atoms. The molecule has 3 N–H and O–H groups in total. The number of nitrogens with zero attached hydrogens (tertiary/aromatic N) is 1. The number of benzene rings is 4. The number of aliphatic hydroxyl groups excluding tert-OH is 1. The van der Waals surface area contributed by atoms with Crippen molar-refractivity contribution in [1.29, 1.82) is 0 Å². The van der Waals surface area contributed by atoms with Crippen LogP contribution in [-0.2, 0) is 25.7 Å². The number of aliphatic carboxylic acids is 1. The van der Waals surface area contributed by atoms with Gasteiger partial charge in [-0.25, -0.2) is 0 Å². The van der Waals surface area contributed by atoms with Crippen LogP contribution in [0.3, 0.4) is 0 Å². The summed E-state index contributed by atoms with van der Waals surface area (Å²) in [6, 6.07) is 30.4. The number of nitrogens with one attached hydrogen (secondary N) is 1. The van der Waals surface area contributed by atoms with Gasteiger partial charge in [-0.3, -0.25) is 14.5 Å². The number of likely N-dealkylation sites (N-methyl/N-ethyl adjacent to an activating group) is 1. The summed E-state index contributed by atoms with van der Waals surface area (Å²) < 4.78 is 13.0. The number of amides is 1. The fraction of sp³-hybridized carbons (Fsp3) is 0.333. The third-order valence-corrected chi connectivity index (χ3v) is 8.28. The van der Waals surface area contributed by atoms with Crippen LogP contribution in [0.25, 0.3) is 10.8 Å². The maximum atomic E-state index is 12.2. The lowest BCUT2D eigenvalue weighted by Gasteiger charge is -2.39. The van der Waals surface area contributed by atoms with Crippen molar-refractivity contribution in [2.45, 2.75) is 63.8 Å². The summed E-state index contributed by atoms with van der Waals surface area (Å²) in [5, 5.41) is 23.6. The van der Waals surface area contributed by atoms with E-state index in [0.717, 1.165) is 16.7 Å². The normalized spacial score (nSPS) is 19.1. The lowest BCUT2D eigenvalue weighted by atomic mass is 9.98. The van der Waals surface area contributed by atoms with Crippen molar-refractivity contribution in [3.05, 3.63) is 113 Å². The number of rotatable bonds is 12. The van der Waals surface area contributed by atoms with Gasteiger partial charge < -0.3 is 25.0 Å². The quantitative estimate of drug-likeness (QED) is 0.166. The fourth-order valence-electron chi connectivity index (χ4n) is 5.58. The Morgan fingerprint density at radius 1 is 0.909 bits per heavy atom. The first kappa shape index (κ1) is 31.3. The number of carbonyl (C=O) groups excluding carboxylic acids is 1. The molecule has 0 unspecified atom stereocenters. The Kier molecular flexibility index (Phi) is 10.4. The van der Waals surface area contributed by atoms with E-state index in [-0.39, 0.29) is 43.6 Å². The van der Waals surface area contributed by atoms with Gasteiger partial charge in [0.05, 0.1) is 18.8 Å². The lowest BCUT2D eigenvalue weighted by molar-refractivity contribution is -0.253. The van der Waals surface area contributed by atoms with Gasteiger partial charge in [0, 0.05) is 43.1 Å². The number of carboxylic acids is 1. The number of anilines is 1. The second kappa shape index (κ2) is 14.6. The molecule has 4 aromatic carbocycles. The number of hydrogen-bond acceptors (Lipinski definition) is 6. The van der Waals surface area contributed by atoms with Crippen molar-refractivity contribution in [2.24, 2.45) is 0 Å². The van der Waals surface area contributed by atoms with Gasteiger partial charge in [0.1, 0.15) is 0 Å². The molecule has 5 rings (SSSR count). The number of carboxylic acid groups (broad SMARTS) is 1. The third-order valence-electron chi connectivity index (χ3n) is 8.28. The number of aliphatic hydroxyl groups is 1. The average Bonchev–Trinajstić information content (AvgIpc) is 3.04. The molecule has 0 saturated carbocycles. The van der Waals surface area contributed by atoms with Gasteiger partial charge in [-0.15, -0.1) is 0 Å². The SMILES string of the molecule is C[C@H](c1ccc2ccccc2c1)N(C)C[C@H]1C[C@@H](c2ccc(CO)cc2)O[C@@H](c2ccc(NC(=O)CCCC(=O)O)cc2)O1. The van der Waals surface area contributed by atoms with Gasteiger partial charge in [-0.2, -0.15) is 0 Å². The number of ether oxygens (including phenoxy) is 2. The van der Waals surface area contributed by atoms with Gasteiger partial charge in [0.25, 0.3) is 0 Å².